The molecule has 0 fully saturated rings. The molecule has 0 heterocycles. The third kappa shape index (κ3) is 3.65. The number of hydrogen-bond donors (Lipinski definition) is 1. The van der Waals surface area contributed by atoms with Crippen molar-refractivity contribution >= 4 is 11.7 Å². The molecule has 0 aromatic heterocycles. The van der Waals surface area contributed by atoms with E-state index in [0.717, 1.165) is 18.6 Å². The van der Waals surface area contributed by atoms with Gasteiger partial charge in [0.2, 0.25) is 0 Å². The largest absolute Gasteiger partial charge is 0.478 e. The molecule has 0 aliphatic carbocycles. The van der Waals surface area contributed by atoms with Crippen LogP contribution in [0.2, 0.25) is 0 Å². The molecule has 0 saturated carbocycles. The summed E-state index contributed by atoms with van der Waals surface area (Å²) in [4.78, 5) is 12.9. The summed E-state index contributed by atoms with van der Waals surface area (Å²) in [5, 5.41) is 8.99. The van der Waals surface area contributed by atoms with Gasteiger partial charge in [0.15, 0.2) is 0 Å². The van der Waals surface area contributed by atoms with Crippen LogP contribution in [0.1, 0.15) is 43.1 Å². The Labute approximate surface area is 116 Å². The summed E-state index contributed by atoms with van der Waals surface area (Å²) in [7, 11) is 0. The number of carboxylic acid groups (broad SMARTS) is 1. The number of anilines is 1. The van der Waals surface area contributed by atoms with Crippen molar-refractivity contribution in [1.82, 2.24) is 0 Å². The number of carboxylic acids is 1. The zero-order valence-corrected chi connectivity index (χ0v) is 11.7. The number of carbonyl (C=O) groups is 1. The van der Waals surface area contributed by atoms with Crippen LogP contribution in [0.15, 0.2) is 18.2 Å². The van der Waals surface area contributed by atoms with Gasteiger partial charge in [0.1, 0.15) is 0 Å². The smallest absolute Gasteiger partial charge is 0.417 e. The Bertz CT molecular complexity index is 484. The third-order valence-electron chi connectivity index (χ3n) is 2.96. The summed E-state index contributed by atoms with van der Waals surface area (Å²) in [5.41, 5.74) is -1.34. The van der Waals surface area contributed by atoms with Crippen molar-refractivity contribution in [3.05, 3.63) is 29.3 Å². The van der Waals surface area contributed by atoms with Gasteiger partial charge in [0.25, 0.3) is 0 Å². The van der Waals surface area contributed by atoms with E-state index >= 15 is 0 Å². The van der Waals surface area contributed by atoms with E-state index in [-0.39, 0.29) is 6.04 Å². The maximum absolute atomic E-state index is 12.8. The number of alkyl halides is 3. The molecule has 0 amide bonds. The van der Waals surface area contributed by atoms with Crippen LogP contribution in [0.5, 0.6) is 0 Å². The Morgan fingerprint density at radius 2 is 1.95 bits per heavy atom. The number of benzene rings is 1. The van der Waals surface area contributed by atoms with Crippen LogP contribution in [0, 0.1) is 0 Å². The topological polar surface area (TPSA) is 40.5 Å². The lowest BCUT2D eigenvalue weighted by atomic mass is 10.0. The van der Waals surface area contributed by atoms with E-state index in [1.165, 1.54) is 6.07 Å². The van der Waals surface area contributed by atoms with E-state index in [0.29, 0.717) is 12.2 Å². The number of nitrogens with zero attached hydrogens (tertiary/aromatic N) is 1. The number of aromatic carboxylic acids is 1. The highest BCUT2D eigenvalue weighted by atomic mass is 19.4. The molecule has 1 aromatic carbocycles. The summed E-state index contributed by atoms with van der Waals surface area (Å²) in [6.07, 6.45) is -3.85. The summed E-state index contributed by atoms with van der Waals surface area (Å²) >= 11 is 0. The highest BCUT2D eigenvalue weighted by Crippen LogP contribution is 2.34. The highest BCUT2D eigenvalue weighted by Gasteiger charge is 2.35. The molecule has 0 atom stereocenters. The Kier molecular flexibility index (Phi) is 5.03. The molecule has 0 radical (unpaired) electrons. The fraction of sp³-hybridized carbons (Fsp3) is 0.500. The van der Waals surface area contributed by atoms with E-state index in [1.54, 1.807) is 0 Å². The van der Waals surface area contributed by atoms with Crippen molar-refractivity contribution in [2.24, 2.45) is 0 Å². The quantitative estimate of drug-likeness (QED) is 0.889. The molecule has 1 aromatic rings. The first-order valence-corrected chi connectivity index (χ1v) is 6.39. The molecule has 1 N–H and O–H groups in total. The van der Waals surface area contributed by atoms with Gasteiger partial charge in [-0.1, -0.05) is 6.92 Å². The Morgan fingerprint density at radius 1 is 1.35 bits per heavy atom. The van der Waals surface area contributed by atoms with Gasteiger partial charge in [0, 0.05) is 18.3 Å². The van der Waals surface area contributed by atoms with Gasteiger partial charge in [-0.15, -0.1) is 0 Å². The van der Waals surface area contributed by atoms with Crippen molar-refractivity contribution in [3.63, 3.8) is 0 Å². The molecule has 0 saturated heterocycles. The van der Waals surface area contributed by atoms with Crippen LogP contribution >= 0.6 is 0 Å². The number of rotatable bonds is 5. The van der Waals surface area contributed by atoms with E-state index < -0.39 is 23.3 Å². The standard InChI is InChI=1S/C14H18F3NO2/c1-4-7-18(9(2)3)10-5-6-12(14(15,16)17)11(8-10)13(19)20/h5-6,8-9H,4,7H2,1-3H3,(H,19,20). The first-order valence-electron chi connectivity index (χ1n) is 6.39. The predicted molar refractivity (Wildman–Crippen MR) is 71.2 cm³/mol. The van der Waals surface area contributed by atoms with Crippen LogP contribution < -0.4 is 4.90 Å². The molecule has 112 valence electrons. The van der Waals surface area contributed by atoms with Crippen LogP contribution in [0.4, 0.5) is 18.9 Å². The number of hydrogen-bond acceptors (Lipinski definition) is 2. The maximum atomic E-state index is 12.8. The van der Waals surface area contributed by atoms with Crippen LogP contribution in [0.25, 0.3) is 0 Å². The number of halogens is 3. The van der Waals surface area contributed by atoms with Gasteiger partial charge in [-0.25, -0.2) is 4.79 Å². The van der Waals surface area contributed by atoms with E-state index in [4.69, 9.17) is 5.11 Å². The maximum Gasteiger partial charge on any atom is 0.417 e. The van der Waals surface area contributed by atoms with Gasteiger partial charge >= 0.3 is 12.1 Å². The summed E-state index contributed by atoms with van der Waals surface area (Å²) < 4.78 is 38.3. The third-order valence-corrected chi connectivity index (χ3v) is 2.96. The van der Waals surface area contributed by atoms with Crippen molar-refractivity contribution in [2.45, 2.75) is 39.4 Å². The van der Waals surface area contributed by atoms with Crippen LogP contribution in [0.3, 0.4) is 0 Å². The molecule has 6 heteroatoms. The van der Waals surface area contributed by atoms with Crippen molar-refractivity contribution in [3.8, 4) is 0 Å². The van der Waals surface area contributed by atoms with Crippen LogP contribution in [-0.2, 0) is 6.18 Å². The van der Waals surface area contributed by atoms with Crippen molar-refractivity contribution in [2.75, 3.05) is 11.4 Å². The minimum atomic E-state index is -4.67. The van der Waals surface area contributed by atoms with E-state index in [1.807, 2.05) is 25.7 Å². The fourth-order valence-electron chi connectivity index (χ4n) is 2.06. The first-order chi connectivity index (χ1) is 9.18. The normalized spacial score (nSPS) is 11.8. The molecular formula is C14H18F3NO2. The lowest BCUT2D eigenvalue weighted by Gasteiger charge is -2.29. The van der Waals surface area contributed by atoms with Gasteiger partial charge in [-0.05, 0) is 38.5 Å². The molecule has 3 nitrogen and oxygen atoms in total. The first kappa shape index (κ1) is 16.3. The molecule has 0 unspecified atom stereocenters. The van der Waals surface area contributed by atoms with Gasteiger partial charge in [-0.3, -0.25) is 0 Å². The molecule has 0 bridgehead atoms. The lowest BCUT2D eigenvalue weighted by molar-refractivity contribution is -0.138. The highest BCUT2D eigenvalue weighted by molar-refractivity contribution is 5.91. The monoisotopic (exact) mass is 289 g/mol. The minimum absolute atomic E-state index is 0.0772. The molecule has 20 heavy (non-hydrogen) atoms. The predicted octanol–water partition coefficient (Wildman–Crippen LogP) is 4.03. The zero-order valence-electron chi connectivity index (χ0n) is 11.7. The second kappa shape index (κ2) is 6.15. The van der Waals surface area contributed by atoms with Gasteiger partial charge in [0.05, 0.1) is 11.1 Å². The van der Waals surface area contributed by atoms with Crippen molar-refractivity contribution in [1.29, 1.82) is 0 Å². The van der Waals surface area contributed by atoms with Gasteiger partial charge in [-0.2, -0.15) is 13.2 Å². The Hall–Kier alpha value is -1.72. The summed E-state index contributed by atoms with van der Waals surface area (Å²) in [6, 6.07) is 3.34. The summed E-state index contributed by atoms with van der Waals surface area (Å²) in [6.45, 7) is 6.43. The lowest BCUT2D eigenvalue weighted by Crippen LogP contribution is -2.31. The van der Waals surface area contributed by atoms with Crippen molar-refractivity contribution < 1.29 is 23.1 Å². The van der Waals surface area contributed by atoms with E-state index in [2.05, 4.69) is 0 Å². The second-order valence-corrected chi connectivity index (χ2v) is 4.82. The minimum Gasteiger partial charge on any atom is -0.478 e. The molecule has 0 spiro atoms. The van der Waals surface area contributed by atoms with Crippen LogP contribution in [-0.4, -0.2) is 23.7 Å². The fourth-order valence-corrected chi connectivity index (χ4v) is 2.06. The average molecular weight is 289 g/mol. The Balaban J connectivity index is 3.32. The molecule has 0 aliphatic heterocycles. The molecular weight excluding hydrogens is 271 g/mol. The van der Waals surface area contributed by atoms with Gasteiger partial charge < -0.3 is 10.0 Å². The summed E-state index contributed by atoms with van der Waals surface area (Å²) in [5.74, 6) is -1.57. The zero-order chi connectivity index (χ0) is 15.5. The SMILES string of the molecule is CCCN(c1ccc(C(F)(F)F)c(C(=O)O)c1)C(C)C. The van der Waals surface area contributed by atoms with E-state index in [9.17, 15) is 18.0 Å². The molecule has 0 aliphatic rings. The second-order valence-electron chi connectivity index (χ2n) is 4.82. The average Bonchev–Trinajstić information content (AvgIpc) is 2.33. The Morgan fingerprint density at radius 3 is 2.35 bits per heavy atom. The molecule has 1 rings (SSSR count).